The molecule has 2 aromatic rings. The second kappa shape index (κ2) is 4.83. The average molecular weight is 270 g/mol. The van der Waals surface area contributed by atoms with Gasteiger partial charge in [0.25, 0.3) is 0 Å². The SMILES string of the molecule is Cn1ccnc1CNc1ccc(N)c(C(F)(F)F)c1. The fraction of sp³-hybridized carbons (Fsp3) is 0.250. The van der Waals surface area contributed by atoms with E-state index in [-0.39, 0.29) is 5.69 Å². The molecule has 0 aliphatic heterocycles. The average Bonchev–Trinajstić information content (AvgIpc) is 2.72. The molecule has 1 aromatic carbocycles. The van der Waals surface area contributed by atoms with Crippen molar-refractivity contribution < 1.29 is 13.2 Å². The lowest BCUT2D eigenvalue weighted by Gasteiger charge is -2.13. The van der Waals surface area contributed by atoms with E-state index in [1.54, 1.807) is 17.0 Å². The van der Waals surface area contributed by atoms with Crippen LogP contribution >= 0.6 is 0 Å². The van der Waals surface area contributed by atoms with Gasteiger partial charge in [0.15, 0.2) is 0 Å². The third-order valence-corrected chi connectivity index (χ3v) is 2.73. The summed E-state index contributed by atoms with van der Waals surface area (Å²) in [7, 11) is 1.81. The summed E-state index contributed by atoms with van der Waals surface area (Å²) < 4.78 is 39.8. The molecule has 0 saturated heterocycles. The first-order valence-electron chi connectivity index (χ1n) is 5.54. The number of imidazole rings is 1. The highest BCUT2D eigenvalue weighted by atomic mass is 19.4. The number of aromatic nitrogens is 2. The summed E-state index contributed by atoms with van der Waals surface area (Å²) in [6.45, 7) is 0.338. The Bertz CT molecular complexity index is 575. The summed E-state index contributed by atoms with van der Waals surface area (Å²) in [5, 5.41) is 2.89. The lowest BCUT2D eigenvalue weighted by atomic mass is 10.1. The van der Waals surface area contributed by atoms with Gasteiger partial charge in [0, 0.05) is 30.8 Å². The van der Waals surface area contributed by atoms with Gasteiger partial charge in [-0.25, -0.2) is 4.98 Å². The number of anilines is 2. The van der Waals surface area contributed by atoms with Crippen molar-refractivity contribution in [2.24, 2.45) is 7.05 Å². The molecule has 0 saturated carbocycles. The second-order valence-corrected chi connectivity index (χ2v) is 4.11. The maximum absolute atomic E-state index is 12.7. The summed E-state index contributed by atoms with van der Waals surface area (Å²) in [5.74, 6) is 0.727. The Balaban J connectivity index is 2.16. The first-order valence-corrected chi connectivity index (χ1v) is 5.54. The molecule has 3 N–H and O–H groups in total. The van der Waals surface area contributed by atoms with Crippen LogP contribution in [0.2, 0.25) is 0 Å². The smallest absolute Gasteiger partial charge is 0.398 e. The largest absolute Gasteiger partial charge is 0.418 e. The number of rotatable bonds is 3. The van der Waals surface area contributed by atoms with Gasteiger partial charge in [-0.15, -0.1) is 0 Å². The molecule has 0 amide bonds. The molecule has 19 heavy (non-hydrogen) atoms. The summed E-state index contributed by atoms with van der Waals surface area (Å²) >= 11 is 0. The van der Waals surface area contributed by atoms with Crippen molar-refractivity contribution in [2.45, 2.75) is 12.7 Å². The zero-order valence-corrected chi connectivity index (χ0v) is 10.2. The molecule has 7 heteroatoms. The van der Waals surface area contributed by atoms with Gasteiger partial charge in [-0.2, -0.15) is 13.2 Å². The first-order chi connectivity index (χ1) is 8.88. The molecule has 0 fully saturated rings. The summed E-state index contributed by atoms with van der Waals surface area (Å²) in [6.07, 6.45) is -1.06. The molecule has 2 rings (SSSR count). The number of nitrogens with one attached hydrogen (secondary N) is 1. The van der Waals surface area contributed by atoms with Gasteiger partial charge in [0.2, 0.25) is 0 Å². The molecule has 102 valence electrons. The van der Waals surface area contributed by atoms with Crippen LogP contribution in [0.1, 0.15) is 11.4 Å². The molecule has 4 nitrogen and oxygen atoms in total. The van der Waals surface area contributed by atoms with Gasteiger partial charge >= 0.3 is 6.18 Å². The van der Waals surface area contributed by atoms with Crippen molar-refractivity contribution >= 4 is 11.4 Å². The highest BCUT2D eigenvalue weighted by molar-refractivity contribution is 5.58. The quantitative estimate of drug-likeness (QED) is 0.843. The molecule has 0 bridgehead atoms. The third kappa shape index (κ3) is 2.98. The monoisotopic (exact) mass is 270 g/mol. The number of nitrogens with two attached hydrogens (primary N) is 1. The fourth-order valence-corrected chi connectivity index (χ4v) is 1.66. The van der Waals surface area contributed by atoms with E-state index in [1.165, 1.54) is 12.1 Å². The Morgan fingerprint density at radius 1 is 1.37 bits per heavy atom. The fourth-order valence-electron chi connectivity index (χ4n) is 1.66. The van der Waals surface area contributed by atoms with Gasteiger partial charge < -0.3 is 15.6 Å². The van der Waals surface area contributed by atoms with Crippen molar-refractivity contribution in [1.82, 2.24) is 9.55 Å². The Morgan fingerprint density at radius 2 is 2.11 bits per heavy atom. The summed E-state index contributed by atoms with van der Waals surface area (Å²) in [6, 6.07) is 3.75. The molecule has 0 aliphatic rings. The zero-order valence-electron chi connectivity index (χ0n) is 10.2. The minimum atomic E-state index is -4.45. The minimum Gasteiger partial charge on any atom is -0.398 e. The van der Waals surface area contributed by atoms with Gasteiger partial charge in [0.1, 0.15) is 5.82 Å². The molecule has 1 heterocycles. The van der Waals surface area contributed by atoms with Gasteiger partial charge in [-0.1, -0.05) is 0 Å². The van der Waals surface area contributed by atoms with E-state index < -0.39 is 11.7 Å². The van der Waals surface area contributed by atoms with Crippen molar-refractivity contribution in [3.8, 4) is 0 Å². The summed E-state index contributed by atoms with van der Waals surface area (Å²) in [5.41, 5.74) is 4.56. The molecule has 0 radical (unpaired) electrons. The molecular weight excluding hydrogens is 257 g/mol. The van der Waals surface area contributed by atoms with Crippen molar-refractivity contribution in [1.29, 1.82) is 0 Å². The number of nitrogens with zero attached hydrogens (tertiary/aromatic N) is 2. The Hall–Kier alpha value is -2.18. The van der Waals surface area contributed by atoms with Gasteiger partial charge in [-0.3, -0.25) is 0 Å². The van der Waals surface area contributed by atoms with Crippen LogP contribution in [0.15, 0.2) is 30.6 Å². The van der Waals surface area contributed by atoms with Crippen LogP contribution in [0.5, 0.6) is 0 Å². The van der Waals surface area contributed by atoms with Crippen molar-refractivity contribution in [2.75, 3.05) is 11.1 Å². The lowest BCUT2D eigenvalue weighted by molar-refractivity contribution is -0.136. The van der Waals surface area contributed by atoms with Crippen LogP contribution in [0, 0.1) is 0 Å². The number of hydrogen-bond acceptors (Lipinski definition) is 3. The highest BCUT2D eigenvalue weighted by Crippen LogP contribution is 2.35. The van der Waals surface area contributed by atoms with Crippen LogP contribution in [-0.4, -0.2) is 9.55 Å². The van der Waals surface area contributed by atoms with Crippen LogP contribution in [-0.2, 0) is 19.8 Å². The Kier molecular flexibility index (Phi) is 3.37. The Labute approximate surface area is 108 Å². The molecule has 0 unspecified atom stereocenters. The third-order valence-electron chi connectivity index (χ3n) is 2.73. The maximum Gasteiger partial charge on any atom is 0.418 e. The van der Waals surface area contributed by atoms with E-state index in [0.717, 1.165) is 11.9 Å². The van der Waals surface area contributed by atoms with E-state index >= 15 is 0 Å². The van der Waals surface area contributed by atoms with Crippen molar-refractivity contribution in [3.63, 3.8) is 0 Å². The lowest BCUT2D eigenvalue weighted by Crippen LogP contribution is -2.11. The predicted molar refractivity (Wildman–Crippen MR) is 66.4 cm³/mol. The number of alkyl halides is 3. The van der Waals surface area contributed by atoms with E-state index in [0.29, 0.717) is 12.2 Å². The number of aryl methyl sites for hydroxylation is 1. The molecule has 0 atom stereocenters. The summed E-state index contributed by atoms with van der Waals surface area (Å²) in [4.78, 5) is 4.07. The van der Waals surface area contributed by atoms with E-state index in [2.05, 4.69) is 10.3 Å². The highest BCUT2D eigenvalue weighted by Gasteiger charge is 2.33. The molecule has 0 spiro atoms. The predicted octanol–water partition coefficient (Wildman–Crippen LogP) is 2.63. The number of hydrogen-bond donors (Lipinski definition) is 2. The zero-order chi connectivity index (χ0) is 14.0. The Morgan fingerprint density at radius 3 is 2.68 bits per heavy atom. The minimum absolute atomic E-state index is 0.282. The van der Waals surface area contributed by atoms with E-state index in [9.17, 15) is 13.2 Å². The molecule has 0 aliphatic carbocycles. The normalized spacial score (nSPS) is 11.6. The number of halogens is 3. The van der Waals surface area contributed by atoms with Crippen LogP contribution < -0.4 is 11.1 Å². The molecular formula is C12H13F3N4. The van der Waals surface area contributed by atoms with Crippen LogP contribution in [0.25, 0.3) is 0 Å². The van der Waals surface area contributed by atoms with E-state index in [4.69, 9.17) is 5.73 Å². The van der Waals surface area contributed by atoms with Crippen molar-refractivity contribution in [3.05, 3.63) is 42.0 Å². The van der Waals surface area contributed by atoms with Gasteiger partial charge in [0.05, 0.1) is 12.1 Å². The van der Waals surface area contributed by atoms with Crippen LogP contribution in [0.3, 0.4) is 0 Å². The van der Waals surface area contributed by atoms with Crippen LogP contribution in [0.4, 0.5) is 24.5 Å². The maximum atomic E-state index is 12.7. The van der Waals surface area contributed by atoms with Gasteiger partial charge in [-0.05, 0) is 18.2 Å². The number of benzene rings is 1. The first kappa shape index (κ1) is 13.3. The van der Waals surface area contributed by atoms with E-state index in [1.807, 2.05) is 7.05 Å². The molecule has 1 aromatic heterocycles. The standard InChI is InChI=1S/C12H13F3N4/c1-19-5-4-17-11(19)7-18-8-2-3-10(16)9(6-8)12(13,14)15/h2-6,18H,7,16H2,1H3. The topological polar surface area (TPSA) is 55.9 Å². The number of nitrogen functional groups attached to an aromatic ring is 1. The second-order valence-electron chi connectivity index (χ2n) is 4.11.